The van der Waals surface area contributed by atoms with Gasteiger partial charge in [0.1, 0.15) is 19.7 Å². The van der Waals surface area contributed by atoms with Crippen LogP contribution in [0, 0.1) is 11.3 Å². The summed E-state index contributed by atoms with van der Waals surface area (Å²) < 4.78 is 35.7. The zero-order valence-corrected chi connectivity index (χ0v) is 27.2. The van der Waals surface area contributed by atoms with Crippen LogP contribution in [-0.2, 0) is 32.9 Å². The number of carbonyl (C=O) groups excluding carboxylic acids is 1. The van der Waals surface area contributed by atoms with E-state index in [0.29, 0.717) is 32.7 Å². The van der Waals surface area contributed by atoms with Crippen molar-refractivity contribution in [3.63, 3.8) is 0 Å². The smallest absolute Gasteiger partial charge is 0.317 e. The fourth-order valence-corrected chi connectivity index (χ4v) is 12.0. The lowest BCUT2D eigenvalue weighted by molar-refractivity contribution is -0.151. The van der Waals surface area contributed by atoms with Crippen molar-refractivity contribution in [1.82, 2.24) is 0 Å². The Balaban J connectivity index is 1.52. The van der Waals surface area contributed by atoms with Gasteiger partial charge in [-0.25, -0.2) is 0 Å². The van der Waals surface area contributed by atoms with Gasteiger partial charge in [0.2, 0.25) is 0 Å². The predicted molar refractivity (Wildman–Crippen MR) is 169 cm³/mol. The molecule has 232 valence electrons. The summed E-state index contributed by atoms with van der Waals surface area (Å²) >= 11 is 0. The zero-order valence-electron chi connectivity index (χ0n) is 26.2. The lowest BCUT2D eigenvalue weighted by atomic mass is 9.71. The van der Waals surface area contributed by atoms with Gasteiger partial charge in [0.15, 0.2) is 0 Å². The number of allylic oxidation sites excluding steroid dienone is 1. The van der Waals surface area contributed by atoms with E-state index in [1.54, 1.807) is 14.2 Å². The van der Waals surface area contributed by atoms with Gasteiger partial charge in [0, 0.05) is 26.7 Å². The van der Waals surface area contributed by atoms with Crippen molar-refractivity contribution in [3.05, 3.63) is 83.5 Å². The number of carbonyl (C=O) groups is 1. The zero-order chi connectivity index (χ0) is 30.5. The predicted octanol–water partition coefficient (Wildman–Crippen LogP) is 5.14. The molecule has 3 aliphatic rings. The van der Waals surface area contributed by atoms with Crippen molar-refractivity contribution in [2.45, 2.75) is 57.6 Å². The first-order valence-electron chi connectivity index (χ1n) is 15.3. The van der Waals surface area contributed by atoms with Gasteiger partial charge < -0.3 is 28.1 Å². The molecule has 1 heterocycles. The quantitative estimate of drug-likeness (QED) is 0.0970. The molecule has 1 aliphatic heterocycles. The van der Waals surface area contributed by atoms with E-state index in [-0.39, 0.29) is 36.6 Å². The maximum absolute atomic E-state index is 14.0. The molecule has 0 spiro atoms. The molecule has 0 aromatic heterocycles. The fraction of sp³-hybridized carbons (Fsp3) is 0.514. The number of hydrogen-bond donors (Lipinski definition) is 0. The lowest BCUT2D eigenvalue weighted by Gasteiger charge is -2.43. The first-order chi connectivity index (χ1) is 20.8. The largest absolute Gasteiger partial charge is 0.456 e. The highest BCUT2D eigenvalue weighted by molar-refractivity contribution is 6.99. The molecule has 2 aromatic rings. The van der Waals surface area contributed by atoms with Crippen molar-refractivity contribution in [1.29, 1.82) is 0 Å². The Labute approximate surface area is 257 Å². The normalized spacial score (nSPS) is 23.7. The van der Waals surface area contributed by atoms with Crippen LogP contribution in [0.3, 0.4) is 0 Å². The first-order valence-corrected chi connectivity index (χ1v) is 17.2. The van der Waals surface area contributed by atoms with Crippen molar-refractivity contribution >= 4 is 24.7 Å². The molecule has 2 aliphatic carbocycles. The molecule has 43 heavy (non-hydrogen) atoms. The molecule has 7 nitrogen and oxygen atoms in total. The minimum Gasteiger partial charge on any atom is -0.456 e. The summed E-state index contributed by atoms with van der Waals surface area (Å²) in [6.45, 7) is 8.43. The van der Waals surface area contributed by atoms with Crippen LogP contribution in [0.15, 0.2) is 83.5 Å². The van der Waals surface area contributed by atoms with Crippen LogP contribution in [0.1, 0.15) is 46.5 Å². The monoisotopic (exact) mass is 606 g/mol. The average molecular weight is 607 g/mol. The van der Waals surface area contributed by atoms with Crippen molar-refractivity contribution in [2.75, 3.05) is 47.6 Å². The molecular formula is C35H46O7Si. The van der Waals surface area contributed by atoms with Crippen LogP contribution in [0.2, 0.25) is 5.04 Å². The molecule has 2 aromatic carbocycles. The van der Waals surface area contributed by atoms with E-state index < -0.39 is 13.7 Å². The van der Waals surface area contributed by atoms with Crippen molar-refractivity contribution < 1.29 is 32.9 Å². The molecule has 0 saturated carbocycles. The molecule has 3 atom stereocenters. The van der Waals surface area contributed by atoms with Gasteiger partial charge in [0.25, 0.3) is 8.32 Å². The summed E-state index contributed by atoms with van der Waals surface area (Å²) in [7, 11) is 0.468. The number of hydrogen-bond acceptors (Lipinski definition) is 7. The molecule has 4 bridgehead atoms. The summed E-state index contributed by atoms with van der Waals surface area (Å²) in [4.78, 5) is 14.0. The van der Waals surface area contributed by atoms with Gasteiger partial charge >= 0.3 is 5.97 Å². The van der Waals surface area contributed by atoms with Crippen LogP contribution >= 0.6 is 0 Å². The Hall–Kier alpha value is -2.59. The van der Waals surface area contributed by atoms with Gasteiger partial charge in [-0.3, -0.25) is 4.79 Å². The fourth-order valence-electron chi connectivity index (χ4n) is 7.44. The molecule has 0 radical (unpaired) electrons. The van der Waals surface area contributed by atoms with E-state index in [4.69, 9.17) is 28.1 Å². The van der Waals surface area contributed by atoms with Crippen LogP contribution in [0.25, 0.3) is 0 Å². The SMILES string of the molecule is COCOCC1=C(COCOC)[C@H]2CCC=C3[C@@H]2OC(=O)[C@]3(CCO[Si](c2ccccc2)(c2ccccc2)C(C)(C)C)C1. The van der Waals surface area contributed by atoms with Gasteiger partial charge in [-0.05, 0) is 57.8 Å². The minimum atomic E-state index is -2.77. The summed E-state index contributed by atoms with van der Waals surface area (Å²) in [5.41, 5.74) is 2.55. The standard InChI is InChI=1S/C35H46O7Si/c1-34(2,3)43(27-13-8-6-9-14-27,28-15-10-7-11-16-28)41-20-19-35-21-26(22-39-24-37-4)30(23-40-25-38-5)29-17-12-18-31(35)32(29)42-33(35)36/h6-11,13-16,18,29,32H,12,17,19-25H2,1-5H3/t29-,32-,35-/m1/s1. The molecule has 5 rings (SSSR count). The Bertz CT molecular complexity index is 1260. The second-order valence-electron chi connectivity index (χ2n) is 12.8. The van der Waals surface area contributed by atoms with Gasteiger partial charge in [-0.1, -0.05) is 87.5 Å². The summed E-state index contributed by atoms with van der Waals surface area (Å²) in [5, 5.41) is 2.29. The van der Waals surface area contributed by atoms with E-state index >= 15 is 0 Å². The third kappa shape index (κ3) is 6.06. The molecule has 0 amide bonds. The summed E-state index contributed by atoms with van der Waals surface area (Å²) in [5.74, 6) is -0.0910. The number of rotatable bonds is 14. The van der Waals surface area contributed by atoms with Gasteiger partial charge in [-0.2, -0.15) is 0 Å². The Morgan fingerprint density at radius 2 is 1.51 bits per heavy atom. The number of ether oxygens (including phenoxy) is 5. The van der Waals surface area contributed by atoms with Crippen molar-refractivity contribution in [3.8, 4) is 0 Å². The summed E-state index contributed by atoms with van der Waals surface area (Å²) in [6.07, 6.45) is 4.81. The van der Waals surface area contributed by atoms with Crippen LogP contribution in [-0.4, -0.2) is 68.0 Å². The Morgan fingerprint density at radius 3 is 2.09 bits per heavy atom. The van der Waals surface area contributed by atoms with E-state index in [1.807, 2.05) is 0 Å². The molecule has 1 saturated heterocycles. The second-order valence-corrected chi connectivity index (χ2v) is 17.1. The Morgan fingerprint density at radius 1 is 0.907 bits per heavy atom. The topological polar surface area (TPSA) is 72.5 Å². The third-order valence-corrected chi connectivity index (χ3v) is 14.4. The number of methoxy groups -OCH3 is 2. The average Bonchev–Trinajstić information content (AvgIpc) is 3.26. The molecule has 1 fully saturated rings. The van der Waals surface area contributed by atoms with E-state index in [2.05, 4.69) is 87.5 Å². The molecule has 0 unspecified atom stereocenters. The molecule has 0 N–H and O–H groups in total. The minimum absolute atomic E-state index is 0.0592. The third-order valence-electron chi connectivity index (χ3n) is 9.31. The lowest BCUT2D eigenvalue weighted by Crippen LogP contribution is -2.66. The Kier molecular flexibility index (Phi) is 10.1. The highest BCUT2D eigenvalue weighted by Gasteiger charge is 2.59. The maximum Gasteiger partial charge on any atom is 0.317 e. The first kappa shape index (κ1) is 31.8. The van der Waals surface area contributed by atoms with Crippen LogP contribution < -0.4 is 10.4 Å². The highest BCUT2D eigenvalue weighted by atomic mass is 28.4. The number of esters is 1. The van der Waals surface area contributed by atoms with Gasteiger partial charge in [-0.15, -0.1) is 0 Å². The van der Waals surface area contributed by atoms with Crippen LogP contribution in [0.5, 0.6) is 0 Å². The highest BCUT2D eigenvalue weighted by Crippen LogP contribution is 2.56. The summed E-state index contributed by atoms with van der Waals surface area (Å²) in [6, 6.07) is 21.3. The van der Waals surface area contributed by atoms with E-state index in [1.165, 1.54) is 10.4 Å². The second kappa shape index (κ2) is 13.6. The maximum atomic E-state index is 14.0. The van der Waals surface area contributed by atoms with E-state index in [9.17, 15) is 4.79 Å². The molecule has 8 heteroatoms. The van der Waals surface area contributed by atoms with Crippen LogP contribution in [0.4, 0.5) is 0 Å². The van der Waals surface area contributed by atoms with Crippen molar-refractivity contribution in [2.24, 2.45) is 11.3 Å². The van der Waals surface area contributed by atoms with E-state index in [0.717, 1.165) is 29.6 Å². The number of benzene rings is 2. The molecular weight excluding hydrogens is 560 g/mol. The van der Waals surface area contributed by atoms with Gasteiger partial charge in [0.05, 0.1) is 18.6 Å².